The van der Waals surface area contributed by atoms with Crippen molar-refractivity contribution in [2.24, 2.45) is 0 Å². The van der Waals surface area contributed by atoms with Gasteiger partial charge in [0, 0.05) is 44.8 Å². The highest BCUT2D eigenvalue weighted by Gasteiger charge is 2.38. The monoisotopic (exact) mass is 655 g/mol. The van der Waals surface area contributed by atoms with Crippen LogP contribution in [0.2, 0.25) is 0 Å². The summed E-state index contributed by atoms with van der Waals surface area (Å²) < 4.78 is 68.2. The maximum absolute atomic E-state index is 12.6. The molecule has 246 valence electrons. The molecule has 0 radical (unpaired) electrons. The minimum atomic E-state index is -5.08. The highest BCUT2D eigenvalue weighted by atomic mass is 19.4. The van der Waals surface area contributed by atoms with E-state index in [0.717, 1.165) is 43.9 Å². The van der Waals surface area contributed by atoms with Gasteiger partial charge in [0.05, 0.1) is 0 Å². The van der Waals surface area contributed by atoms with Crippen molar-refractivity contribution in [3.63, 3.8) is 0 Å². The number of nitrogens with one attached hydrogen (secondary N) is 2. The number of hydrogen-bond donors (Lipinski definition) is 4. The number of nitrogens with zero attached hydrogens (tertiary/aromatic N) is 3. The Morgan fingerprint density at radius 3 is 1.87 bits per heavy atom. The fraction of sp³-hybridized carbons (Fsp3) is 0.276. The molecule has 0 bridgehead atoms. The maximum atomic E-state index is 12.6. The van der Waals surface area contributed by atoms with E-state index < -0.39 is 24.3 Å². The number of carbonyl (C=O) groups excluding carboxylic acids is 1. The first-order valence-corrected chi connectivity index (χ1v) is 13.4. The second-order valence-corrected chi connectivity index (χ2v) is 9.68. The van der Waals surface area contributed by atoms with Crippen molar-refractivity contribution in [1.82, 2.24) is 25.8 Å². The minimum Gasteiger partial charge on any atom is -0.475 e. The third-order valence-corrected chi connectivity index (χ3v) is 6.26. The lowest BCUT2D eigenvalue weighted by Gasteiger charge is -2.27. The molecule has 1 aliphatic heterocycles. The van der Waals surface area contributed by atoms with Crippen molar-refractivity contribution in [1.29, 1.82) is 0 Å². The van der Waals surface area contributed by atoms with Crippen LogP contribution in [0.25, 0.3) is 22.2 Å². The molecule has 1 aliphatic rings. The van der Waals surface area contributed by atoms with E-state index in [0.29, 0.717) is 23.1 Å². The summed E-state index contributed by atoms with van der Waals surface area (Å²) in [4.78, 5) is 32.8. The van der Waals surface area contributed by atoms with Gasteiger partial charge in [-0.05, 0) is 62.9 Å². The van der Waals surface area contributed by atoms with Gasteiger partial charge in [0.15, 0.2) is 0 Å². The molecule has 2 heterocycles. The van der Waals surface area contributed by atoms with E-state index in [4.69, 9.17) is 24.4 Å². The van der Waals surface area contributed by atoms with Crippen molar-refractivity contribution >= 4 is 28.9 Å². The summed E-state index contributed by atoms with van der Waals surface area (Å²) in [5, 5.41) is 28.2. The van der Waals surface area contributed by atoms with Gasteiger partial charge in [0.25, 0.3) is 5.91 Å². The minimum absolute atomic E-state index is 0.154. The van der Waals surface area contributed by atoms with Gasteiger partial charge in [-0.15, -0.1) is 0 Å². The van der Waals surface area contributed by atoms with Gasteiger partial charge in [0.2, 0.25) is 0 Å². The largest absolute Gasteiger partial charge is 0.490 e. The number of carboxylic acid groups (broad SMARTS) is 2. The molecule has 1 fully saturated rings. The molecule has 1 amide bonds. The number of carbonyl (C=O) groups is 3. The third kappa shape index (κ3) is 11.2. The van der Waals surface area contributed by atoms with E-state index in [1.807, 2.05) is 12.1 Å². The van der Waals surface area contributed by atoms with Crippen LogP contribution in [-0.2, 0) is 22.7 Å². The van der Waals surface area contributed by atoms with Crippen LogP contribution in [0.4, 0.5) is 26.3 Å². The molecule has 0 aliphatic carbocycles. The van der Waals surface area contributed by atoms with Crippen LogP contribution >= 0.6 is 0 Å². The van der Waals surface area contributed by atoms with Gasteiger partial charge in [-0.25, -0.2) is 14.2 Å². The Kier molecular flexibility index (Phi) is 12.2. The van der Waals surface area contributed by atoms with Crippen molar-refractivity contribution in [2.75, 3.05) is 26.2 Å². The van der Waals surface area contributed by atoms with Crippen LogP contribution in [0.5, 0.6) is 0 Å². The second kappa shape index (κ2) is 15.8. The summed E-state index contributed by atoms with van der Waals surface area (Å²) in [6.07, 6.45) is -10.2. The molecule has 0 saturated carbocycles. The molecule has 3 aromatic carbocycles. The van der Waals surface area contributed by atoms with Crippen LogP contribution in [0.3, 0.4) is 0 Å². The molecule has 46 heavy (non-hydrogen) atoms. The quantitative estimate of drug-likeness (QED) is 0.218. The SMILES string of the molecule is O=C(NCc1cccc(-c2cccc(CN3CCNCC3)c2)c1)c1ccc2nonc2c1.O=C(O)C(F)(F)F.O=C(O)C(F)(F)F. The Hall–Kier alpha value is -5.03. The van der Waals surface area contributed by atoms with E-state index in [9.17, 15) is 31.1 Å². The van der Waals surface area contributed by atoms with Gasteiger partial charge in [-0.2, -0.15) is 26.3 Å². The predicted molar refractivity (Wildman–Crippen MR) is 150 cm³/mol. The molecular weight excluding hydrogens is 628 g/mol. The van der Waals surface area contributed by atoms with Crippen molar-refractivity contribution < 1.29 is 55.6 Å². The molecule has 4 N–H and O–H groups in total. The molecule has 11 nitrogen and oxygen atoms in total. The van der Waals surface area contributed by atoms with Crippen molar-refractivity contribution in [3.05, 3.63) is 83.4 Å². The van der Waals surface area contributed by atoms with E-state index >= 15 is 0 Å². The number of aliphatic carboxylic acids is 2. The van der Waals surface area contributed by atoms with Crippen molar-refractivity contribution in [2.45, 2.75) is 25.4 Å². The van der Waals surface area contributed by atoms with E-state index in [1.165, 1.54) is 11.1 Å². The van der Waals surface area contributed by atoms with Crippen LogP contribution in [0, 0.1) is 0 Å². The summed E-state index contributed by atoms with van der Waals surface area (Å²) in [7, 11) is 0. The zero-order chi connectivity index (χ0) is 33.9. The highest BCUT2D eigenvalue weighted by Crippen LogP contribution is 2.23. The smallest absolute Gasteiger partial charge is 0.475 e. The Bertz CT molecular complexity index is 1610. The zero-order valence-corrected chi connectivity index (χ0v) is 23.7. The third-order valence-electron chi connectivity index (χ3n) is 6.26. The average molecular weight is 656 g/mol. The number of carboxylic acids is 2. The van der Waals surface area contributed by atoms with Gasteiger partial charge in [0.1, 0.15) is 11.0 Å². The van der Waals surface area contributed by atoms with Crippen LogP contribution in [0.15, 0.2) is 71.4 Å². The number of rotatable bonds is 6. The lowest BCUT2D eigenvalue weighted by atomic mass is 10.0. The van der Waals surface area contributed by atoms with Crippen LogP contribution < -0.4 is 10.6 Å². The fourth-order valence-corrected chi connectivity index (χ4v) is 4.05. The number of fused-ring (bicyclic) bond motifs is 1. The number of alkyl halides is 6. The molecule has 17 heteroatoms. The Morgan fingerprint density at radius 1 is 0.783 bits per heavy atom. The molecule has 5 rings (SSSR count). The second-order valence-electron chi connectivity index (χ2n) is 9.68. The number of aromatic nitrogens is 2. The summed E-state index contributed by atoms with van der Waals surface area (Å²) in [6.45, 7) is 5.69. The molecule has 0 atom stereocenters. The van der Waals surface area contributed by atoms with Gasteiger partial charge in [-0.1, -0.05) is 36.4 Å². The Morgan fingerprint density at radius 2 is 1.30 bits per heavy atom. The molecule has 1 aromatic heterocycles. The number of piperazine rings is 1. The number of benzene rings is 3. The van der Waals surface area contributed by atoms with Gasteiger partial charge in [-0.3, -0.25) is 9.69 Å². The lowest BCUT2D eigenvalue weighted by Crippen LogP contribution is -2.42. The first kappa shape index (κ1) is 35.4. The topological polar surface area (TPSA) is 158 Å². The van der Waals surface area contributed by atoms with Gasteiger partial charge >= 0.3 is 24.3 Å². The zero-order valence-electron chi connectivity index (χ0n) is 23.7. The molecule has 4 aromatic rings. The normalized spacial score (nSPS) is 13.5. The van der Waals surface area contributed by atoms with E-state index in [1.54, 1.807) is 18.2 Å². The summed E-state index contributed by atoms with van der Waals surface area (Å²) in [5.74, 6) is -5.67. The molecular formula is C29H27F6N5O6. The summed E-state index contributed by atoms with van der Waals surface area (Å²) in [6, 6.07) is 22.2. The maximum Gasteiger partial charge on any atom is 0.490 e. The highest BCUT2D eigenvalue weighted by molar-refractivity contribution is 5.97. The summed E-state index contributed by atoms with van der Waals surface area (Å²) in [5.41, 5.74) is 6.44. The average Bonchev–Trinajstić information content (AvgIpc) is 3.49. The number of halogens is 6. The molecule has 1 saturated heterocycles. The van der Waals surface area contributed by atoms with Crippen LogP contribution in [0.1, 0.15) is 21.5 Å². The number of hydrogen-bond acceptors (Lipinski definition) is 8. The number of amides is 1. The fourth-order valence-electron chi connectivity index (χ4n) is 4.05. The lowest BCUT2D eigenvalue weighted by molar-refractivity contribution is -0.193. The standard InChI is InChI=1S/C25H25N5O2.2C2HF3O2/c31-25(22-7-8-23-24(15-22)29-32-28-23)27-16-18-3-1-5-20(13-18)21-6-2-4-19(14-21)17-30-11-9-26-10-12-30;2*3-2(4,5)1(6)7/h1-8,13-15,26H,9-12,16-17H2,(H,27,31);2*(H,6,7). The molecule has 0 spiro atoms. The first-order chi connectivity index (χ1) is 21.6. The van der Waals surface area contributed by atoms with E-state index in [2.05, 4.69) is 62.2 Å². The predicted octanol–water partition coefficient (Wildman–Crippen LogP) is 4.49. The Labute approximate surface area is 256 Å². The van der Waals surface area contributed by atoms with Gasteiger partial charge < -0.3 is 20.8 Å². The van der Waals surface area contributed by atoms with Crippen molar-refractivity contribution in [3.8, 4) is 11.1 Å². The summed E-state index contributed by atoms with van der Waals surface area (Å²) >= 11 is 0. The first-order valence-electron chi connectivity index (χ1n) is 13.4. The van der Waals surface area contributed by atoms with E-state index in [-0.39, 0.29) is 5.91 Å². The molecule has 0 unspecified atom stereocenters. The van der Waals surface area contributed by atoms with Crippen LogP contribution in [-0.4, -0.2) is 81.8 Å². The Balaban J connectivity index is 0.000000345.